The molecular weight excluding hydrogens is 218 g/mol. The lowest BCUT2D eigenvalue weighted by Gasteiger charge is -2.26. The molecule has 0 saturated heterocycles. The molecular formula is C11H19N5O. The minimum atomic E-state index is -0.0588. The van der Waals surface area contributed by atoms with E-state index in [1.165, 1.54) is 6.42 Å². The maximum absolute atomic E-state index is 11.2. The maximum Gasteiger partial charge on any atom is 0.244 e. The number of nitrogen functional groups attached to an aromatic ring is 1. The van der Waals surface area contributed by atoms with Crippen molar-refractivity contribution in [2.75, 3.05) is 29.5 Å². The Hall–Kier alpha value is -1.85. The summed E-state index contributed by atoms with van der Waals surface area (Å²) in [6, 6.07) is 0. The number of anilines is 3. The predicted molar refractivity (Wildman–Crippen MR) is 69.0 cm³/mol. The van der Waals surface area contributed by atoms with Gasteiger partial charge in [-0.2, -0.15) is 4.98 Å². The van der Waals surface area contributed by atoms with Gasteiger partial charge in [0, 0.05) is 7.05 Å². The molecule has 6 heteroatoms. The molecule has 0 aliphatic carbocycles. The molecule has 1 aliphatic heterocycles. The summed E-state index contributed by atoms with van der Waals surface area (Å²) in [6.07, 6.45) is 1.25. The first-order valence-electron chi connectivity index (χ1n) is 5.64. The third-order valence-corrected chi connectivity index (χ3v) is 2.09. The van der Waals surface area contributed by atoms with Crippen LogP contribution in [0.2, 0.25) is 0 Å². The number of likely N-dealkylation sites (N-methyl/N-ethyl adjacent to an activating group) is 1. The molecule has 0 fully saturated rings. The summed E-state index contributed by atoms with van der Waals surface area (Å²) >= 11 is 0. The second kappa shape index (κ2) is 5.47. The molecule has 1 aliphatic rings. The van der Waals surface area contributed by atoms with E-state index in [1.54, 1.807) is 18.9 Å². The Kier molecular flexibility index (Phi) is 4.25. The number of carbonyl (C=O) groups excluding carboxylic acids is 1. The Bertz CT molecular complexity index is 419. The highest BCUT2D eigenvalue weighted by Gasteiger charge is 2.23. The van der Waals surface area contributed by atoms with Gasteiger partial charge in [-0.15, -0.1) is 0 Å². The second-order valence-corrected chi connectivity index (χ2v) is 3.98. The molecule has 94 valence electrons. The monoisotopic (exact) mass is 237 g/mol. The summed E-state index contributed by atoms with van der Waals surface area (Å²) in [4.78, 5) is 21.0. The molecule has 0 bridgehead atoms. The predicted octanol–water partition coefficient (Wildman–Crippen LogP) is 1.17. The number of rotatable bonds is 0. The van der Waals surface area contributed by atoms with Crippen molar-refractivity contribution < 1.29 is 4.79 Å². The first-order chi connectivity index (χ1) is 7.99. The number of aryl methyl sites for hydroxylation is 1. The SMILES string of the molecule is CCC.Cc1nc(N)nc2c1NC(=O)CN2C. The molecule has 0 saturated carbocycles. The van der Waals surface area contributed by atoms with E-state index in [0.717, 1.165) is 0 Å². The van der Waals surface area contributed by atoms with Crippen molar-refractivity contribution in [3.8, 4) is 0 Å². The molecule has 1 aromatic rings. The van der Waals surface area contributed by atoms with Crippen molar-refractivity contribution in [2.45, 2.75) is 27.2 Å². The molecule has 0 radical (unpaired) electrons. The Morgan fingerprint density at radius 2 is 2.00 bits per heavy atom. The van der Waals surface area contributed by atoms with Crippen LogP contribution < -0.4 is 16.0 Å². The topological polar surface area (TPSA) is 84.1 Å². The standard InChI is InChI=1S/C8H11N5O.C3H8/c1-4-6-7(12-8(9)10-4)13(2)3-5(14)11-6;1-3-2/h3H2,1-2H3,(H,11,14)(H2,9,10,12);3H2,1-2H3. The quantitative estimate of drug-likeness (QED) is 0.707. The van der Waals surface area contributed by atoms with Crippen LogP contribution in [0.4, 0.5) is 17.5 Å². The highest BCUT2D eigenvalue weighted by atomic mass is 16.2. The molecule has 0 atom stereocenters. The highest BCUT2D eigenvalue weighted by Crippen LogP contribution is 2.28. The maximum atomic E-state index is 11.2. The van der Waals surface area contributed by atoms with Gasteiger partial charge in [-0.05, 0) is 6.92 Å². The van der Waals surface area contributed by atoms with Crippen LogP contribution in [0.3, 0.4) is 0 Å². The number of hydrogen-bond donors (Lipinski definition) is 2. The van der Waals surface area contributed by atoms with Gasteiger partial charge in [-0.3, -0.25) is 4.79 Å². The van der Waals surface area contributed by atoms with Gasteiger partial charge in [-0.1, -0.05) is 20.3 Å². The Balaban J connectivity index is 0.000000437. The Labute approximate surface area is 101 Å². The van der Waals surface area contributed by atoms with Crippen LogP contribution in [-0.2, 0) is 4.79 Å². The number of nitrogens with one attached hydrogen (secondary N) is 1. The number of nitrogens with two attached hydrogens (primary N) is 1. The third-order valence-electron chi connectivity index (χ3n) is 2.09. The van der Waals surface area contributed by atoms with Gasteiger partial charge in [0.2, 0.25) is 11.9 Å². The fraction of sp³-hybridized carbons (Fsp3) is 0.545. The highest BCUT2D eigenvalue weighted by molar-refractivity contribution is 6.00. The zero-order valence-corrected chi connectivity index (χ0v) is 10.7. The molecule has 6 nitrogen and oxygen atoms in total. The first kappa shape index (κ1) is 13.2. The van der Waals surface area contributed by atoms with Crippen LogP contribution in [-0.4, -0.2) is 29.5 Å². The second-order valence-electron chi connectivity index (χ2n) is 3.98. The van der Waals surface area contributed by atoms with Crippen LogP contribution in [0.15, 0.2) is 0 Å². The fourth-order valence-electron chi connectivity index (χ4n) is 1.47. The van der Waals surface area contributed by atoms with Crippen LogP contribution in [0.5, 0.6) is 0 Å². The minimum Gasteiger partial charge on any atom is -0.368 e. The largest absolute Gasteiger partial charge is 0.368 e. The van der Waals surface area contributed by atoms with Gasteiger partial charge in [-0.25, -0.2) is 4.98 Å². The molecule has 3 N–H and O–H groups in total. The van der Waals surface area contributed by atoms with Crippen molar-refractivity contribution in [1.82, 2.24) is 9.97 Å². The molecule has 2 rings (SSSR count). The van der Waals surface area contributed by atoms with E-state index in [2.05, 4.69) is 29.1 Å². The minimum absolute atomic E-state index is 0.0588. The van der Waals surface area contributed by atoms with Crippen molar-refractivity contribution >= 4 is 23.4 Å². The van der Waals surface area contributed by atoms with Crippen LogP contribution >= 0.6 is 0 Å². The number of nitrogens with zero attached hydrogens (tertiary/aromatic N) is 3. The zero-order chi connectivity index (χ0) is 13.0. The average Bonchev–Trinajstić information content (AvgIpc) is 2.21. The fourth-order valence-corrected chi connectivity index (χ4v) is 1.47. The lowest BCUT2D eigenvalue weighted by molar-refractivity contribution is -0.115. The van der Waals surface area contributed by atoms with Gasteiger partial charge >= 0.3 is 0 Å². The molecule has 17 heavy (non-hydrogen) atoms. The zero-order valence-electron chi connectivity index (χ0n) is 10.7. The van der Waals surface area contributed by atoms with E-state index >= 15 is 0 Å². The molecule has 0 spiro atoms. The summed E-state index contributed by atoms with van der Waals surface area (Å²) < 4.78 is 0. The van der Waals surface area contributed by atoms with E-state index < -0.39 is 0 Å². The number of amides is 1. The number of aromatic nitrogens is 2. The molecule has 0 aromatic carbocycles. The van der Waals surface area contributed by atoms with E-state index in [9.17, 15) is 4.79 Å². The first-order valence-corrected chi connectivity index (χ1v) is 5.64. The van der Waals surface area contributed by atoms with Crippen LogP contribution in [0.25, 0.3) is 0 Å². The summed E-state index contributed by atoms with van der Waals surface area (Å²) in [5.74, 6) is 0.843. The van der Waals surface area contributed by atoms with E-state index in [4.69, 9.17) is 5.73 Å². The number of carbonyl (C=O) groups is 1. The number of fused-ring (bicyclic) bond motifs is 1. The van der Waals surface area contributed by atoms with Crippen molar-refractivity contribution in [2.24, 2.45) is 0 Å². The van der Waals surface area contributed by atoms with Crippen LogP contribution in [0, 0.1) is 6.92 Å². The Morgan fingerprint density at radius 3 is 2.59 bits per heavy atom. The van der Waals surface area contributed by atoms with E-state index in [0.29, 0.717) is 23.7 Å². The van der Waals surface area contributed by atoms with E-state index in [-0.39, 0.29) is 11.9 Å². The summed E-state index contributed by atoms with van der Waals surface area (Å²) in [7, 11) is 1.80. The molecule has 1 amide bonds. The summed E-state index contributed by atoms with van der Waals surface area (Å²) in [5.41, 5.74) is 6.86. The lowest BCUT2D eigenvalue weighted by Crippen LogP contribution is -2.36. The van der Waals surface area contributed by atoms with Gasteiger partial charge in [0.25, 0.3) is 0 Å². The van der Waals surface area contributed by atoms with Crippen molar-refractivity contribution in [1.29, 1.82) is 0 Å². The number of hydrogen-bond acceptors (Lipinski definition) is 5. The van der Waals surface area contributed by atoms with Gasteiger partial charge in [0.1, 0.15) is 5.69 Å². The van der Waals surface area contributed by atoms with Crippen molar-refractivity contribution in [3.63, 3.8) is 0 Å². The molecule has 2 heterocycles. The van der Waals surface area contributed by atoms with Crippen LogP contribution in [0.1, 0.15) is 26.0 Å². The smallest absolute Gasteiger partial charge is 0.244 e. The van der Waals surface area contributed by atoms with E-state index in [1.807, 2.05) is 0 Å². The summed E-state index contributed by atoms with van der Waals surface area (Å²) in [5, 5.41) is 2.72. The normalized spacial score (nSPS) is 13.4. The van der Waals surface area contributed by atoms with Gasteiger partial charge in [0.15, 0.2) is 5.82 Å². The van der Waals surface area contributed by atoms with Crippen molar-refractivity contribution in [3.05, 3.63) is 5.69 Å². The van der Waals surface area contributed by atoms with Gasteiger partial charge in [0.05, 0.1) is 12.2 Å². The summed E-state index contributed by atoms with van der Waals surface area (Å²) in [6.45, 7) is 6.33. The third kappa shape index (κ3) is 3.05. The molecule has 1 aromatic heterocycles. The lowest BCUT2D eigenvalue weighted by atomic mass is 10.2. The average molecular weight is 237 g/mol. The van der Waals surface area contributed by atoms with Gasteiger partial charge < -0.3 is 16.0 Å². The molecule has 0 unspecified atom stereocenters. The Morgan fingerprint density at radius 1 is 1.41 bits per heavy atom.